The van der Waals surface area contributed by atoms with Crippen molar-refractivity contribution in [1.82, 2.24) is 0 Å². The molecular formula is C3H11BNO3P. The van der Waals surface area contributed by atoms with Crippen molar-refractivity contribution in [3.63, 3.8) is 0 Å². The van der Waals surface area contributed by atoms with Gasteiger partial charge < -0.3 is 0 Å². The molecule has 0 aliphatic rings. The Hall–Kier alpha value is -0.135. The van der Waals surface area contributed by atoms with Crippen molar-refractivity contribution in [2.24, 2.45) is 0 Å². The van der Waals surface area contributed by atoms with E-state index in [4.69, 9.17) is 19.9 Å². The SMILES string of the molecule is BC#N.CC[PH](O)(O)O. The summed E-state index contributed by atoms with van der Waals surface area (Å²) < 4.78 is 0. The Labute approximate surface area is 55.7 Å². The van der Waals surface area contributed by atoms with Crippen LogP contribution in [0.25, 0.3) is 0 Å². The summed E-state index contributed by atoms with van der Waals surface area (Å²) in [6.07, 6.45) is 0.0764. The van der Waals surface area contributed by atoms with Crippen LogP contribution in [0.1, 0.15) is 6.92 Å². The number of nitriles is 1. The third-order valence-electron chi connectivity index (χ3n) is 0.474. The Morgan fingerprint density at radius 2 is 1.67 bits per heavy atom. The number of rotatable bonds is 1. The minimum atomic E-state index is -3.63. The number of nitrogens with zero attached hydrogens (tertiary/aromatic N) is 1. The summed E-state index contributed by atoms with van der Waals surface area (Å²) >= 11 is 0. The molecule has 0 radical (unpaired) electrons. The van der Waals surface area contributed by atoms with Crippen LogP contribution < -0.4 is 0 Å². The monoisotopic (exact) mass is 151 g/mol. The van der Waals surface area contributed by atoms with Crippen LogP contribution in [0.2, 0.25) is 0 Å². The molecule has 0 unspecified atom stereocenters. The van der Waals surface area contributed by atoms with E-state index in [2.05, 4.69) is 0 Å². The van der Waals surface area contributed by atoms with E-state index >= 15 is 0 Å². The Bertz CT molecular complexity index is 96.2. The fraction of sp³-hybridized carbons (Fsp3) is 0.667. The minimum absolute atomic E-state index is 0.0764. The third-order valence-corrected chi connectivity index (χ3v) is 1.42. The normalized spacial score (nSPS) is 10.6. The first-order chi connectivity index (χ1) is 3.97. The molecule has 0 bridgehead atoms. The maximum atomic E-state index is 8.08. The summed E-state index contributed by atoms with van der Waals surface area (Å²) in [7, 11) is -2.20. The first-order valence-corrected chi connectivity index (χ1v) is 4.50. The van der Waals surface area contributed by atoms with Crippen LogP contribution in [0.4, 0.5) is 0 Å². The van der Waals surface area contributed by atoms with Crippen molar-refractivity contribution >= 4 is 15.8 Å². The molecule has 9 heavy (non-hydrogen) atoms. The van der Waals surface area contributed by atoms with Crippen LogP contribution in [0, 0.1) is 11.2 Å². The van der Waals surface area contributed by atoms with Gasteiger partial charge in [0.05, 0.1) is 0 Å². The van der Waals surface area contributed by atoms with E-state index in [1.807, 2.05) is 0 Å². The van der Waals surface area contributed by atoms with Gasteiger partial charge in [0.2, 0.25) is 7.85 Å². The molecule has 3 N–H and O–H groups in total. The third kappa shape index (κ3) is 33.0. The zero-order valence-corrected chi connectivity index (χ0v) is 6.50. The van der Waals surface area contributed by atoms with Gasteiger partial charge in [-0.1, -0.05) is 0 Å². The van der Waals surface area contributed by atoms with Gasteiger partial charge in [-0.05, 0) is 5.97 Å². The van der Waals surface area contributed by atoms with Gasteiger partial charge in [-0.3, -0.25) is 0 Å². The van der Waals surface area contributed by atoms with Crippen LogP contribution in [-0.2, 0) is 0 Å². The van der Waals surface area contributed by atoms with Gasteiger partial charge in [0.25, 0.3) is 0 Å². The Balaban J connectivity index is 0. The van der Waals surface area contributed by atoms with Crippen molar-refractivity contribution < 1.29 is 14.7 Å². The summed E-state index contributed by atoms with van der Waals surface area (Å²) in [5, 5.41) is 7.32. The van der Waals surface area contributed by atoms with Crippen LogP contribution in [-0.4, -0.2) is 28.7 Å². The second-order valence-electron chi connectivity index (χ2n) is 1.35. The van der Waals surface area contributed by atoms with Crippen molar-refractivity contribution in [3.05, 3.63) is 0 Å². The van der Waals surface area contributed by atoms with Crippen LogP contribution in [0.3, 0.4) is 0 Å². The van der Waals surface area contributed by atoms with E-state index in [0.29, 0.717) is 0 Å². The summed E-state index contributed by atoms with van der Waals surface area (Å²) in [6, 6.07) is 0. The molecule has 0 saturated heterocycles. The zero-order chi connectivity index (χ0) is 7.91. The van der Waals surface area contributed by atoms with Crippen molar-refractivity contribution in [1.29, 1.82) is 5.26 Å². The molecule has 0 fully saturated rings. The number of hydrogen-bond acceptors (Lipinski definition) is 4. The van der Waals surface area contributed by atoms with E-state index in [-0.39, 0.29) is 6.16 Å². The predicted molar refractivity (Wildman–Crippen MR) is 39.7 cm³/mol. The number of hydrogen-bond donors (Lipinski definition) is 3. The first-order valence-electron chi connectivity index (χ1n) is 2.46. The molecule has 54 valence electrons. The van der Waals surface area contributed by atoms with Crippen LogP contribution >= 0.6 is 7.94 Å². The van der Waals surface area contributed by atoms with Crippen molar-refractivity contribution in [2.45, 2.75) is 6.92 Å². The molecule has 6 heteroatoms. The topological polar surface area (TPSA) is 84.5 Å². The van der Waals surface area contributed by atoms with Gasteiger partial charge >= 0.3 is 35.7 Å². The molecule has 4 nitrogen and oxygen atoms in total. The Kier molecular flexibility index (Phi) is 7.75. The van der Waals surface area contributed by atoms with Gasteiger partial charge in [0.1, 0.15) is 0 Å². The summed E-state index contributed by atoms with van der Waals surface area (Å²) in [6.45, 7) is 1.52. The van der Waals surface area contributed by atoms with E-state index in [9.17, 15) is 0 Å². The molecule has 0 aromatic rings. The quantitative estimate of drug-likeness (QED) is 0.317. The molecule has 0 aliphatic carbocycles. The van der Waals surface area contributed by atoms with E-state index in [1.54, 1.807) is 5.97 Å². The second kappa shape index (κ2) is 5.99. The molecule has 0 saturated carbocycles. The van der Waals surface area contributed by atoms with Gasteiger partial charge in [-0.25, -0.2) is 5.26 Å². The fourth-order valence-electron chi connectivity index (χ4n) is 0. The van der Waals surface area contributed by atoms with E-state index < -0.39 is 7.94 Å². The maximum absolute atomic E-state index is 8.08. The summed E-state index contributed by atoms with van der Waals surface area (Å²) in [5.41, 5.74) is 0. The molecule has 0 amide bonds. The average Bonchev–Trinajstić information content (AvgIpc) is 1.67. The fourth-order valence-corrected chi connectivity index (χ4v) is 0. The van der Waals surface area contributed by atoms with Crippen molar-refractivity contribution in [2.75, 3.05) is 6.16 Å². The van der Waals surface area contributed by atoms with E-state index in [1.165, 1.54) is 14.8 Å². The molecule has 0 atom stereocenters. The summed E-state index contributed by atoms with van der Waals surface area (Å²) in [4.78, 5) is 24.2. The van der Waals surface area contributed by atoms with E-state index in [0.717, 1.165) is 0 Å². The van der Waals surface area contributed by atoms with Crippen molar-refractivity contribution in [3.8, 4) is 5.97 Å². The zero-order valence-electron chi connectivity index (χ0n) is 5.50. The van der Waals surface area contributed by atoms with Crippen LogP contribution in [0.15, 0.2) is 0 Å². The Morgan fingerprint density at radius 3 is 1.67 bits per heavy atom. The molecule has 0 aromatic heterocycles. The summed E-state index contributed by atoms with van der Waals surface area (Å²) in [5.74, 6) is 1.75. The average molecular weight is 151 g/mol. The predicted octanol–water partition coefficient (Wildman–Crippen LogP) is -1.42. The van der Waals surface area contributed by atoms with Gasteiger partial charge in [0.15, 0.2) is 0 Å². The molecule has 0 aromatic carbocycles. The first kappa shape index (κ1) is 11.6. The molecule has 0 rings (SSSR count). The molecule has 0 heterocycles. The van der Waals surface area contributed by atoms with Crippen LogP contribution in [0.5, 0.6) is 0 Å². The van der Waals surface area contributed by atoms with Gasteiger partial charge in [0, 0.05) is 0 Å². The standard InChI is InChI=1S/C2H9O3P.CH2BN/c1-2-6(3,4)5;2-1-3/h3-6H,2H2,1H3;2H2. The second-order valence-corrected chi connectivity index (χ2v) is 3.61. The van der Waals surface area contributed by atoms with Gasteiger partial charge in [-0.2, -0.15) is 0 Å². The van der Waals surface area contributed by atoms with Gasteiger partial charge in [-0.15, -0.1) is 0 Å². The molecule has 0 aliphatic heterocycles. The molecular weight excluding hydrogens is 140 g/mol. The Morgan fingerprint density at radius 1 is 1.56 bits per heavy atom. The molecule has 0 spiro atoms.